The van der Waals surface area contributed by atoms with Crippen LogP contribution in [0, 0.1) is 41.5 Å². The van der Waals surface area contributed by atoms with Crippen LogP contribution in [-0.4, -0.2) is 44.4 Å². The van der Waals surface area contributed by atoms with Crippen LogP contribution in [0.2, 0.25) is 0 Å². The van der Waals surface area contributed by atoms with Crippen LogP contribution in [0.3, 0.4) is 0 Å². The summed E-state index contributed by atoms with van der Waals surface area (Å²) in [7, 11) is 0. The van der Waals surface area contributed by atoms with Crippen molar-refractivity contribution in [3.05, 3.63) is 112 Å². The van der Waals surface area contributed by atoms with Crippen LogP contribution >= 0.6 is 11.3 Å². The fraction of sp³-hybridized carbons (Fsp3) is 0.229. The van der Waals surface area contributed by atoms with Gasteiger partial charge < -0.3 is 18.2 Å². The minimum Gasteiger partial charge on any atom is -0.361 e. The highest BCUT2D eigenvalue weighted by Gasteiger charge is 2.17. The molecule has 0 N–H and O–H groups in total. The molecule has 0 saturated carbocycles. The Labute approximate surface area is 275 Å². The second-order valence-corrected chi connectivity index (χ2v) is 12.5. The molecule has 8 aromatic rings. The predicted molar refractivity (Wildman–Crippen MR) is 181 cm³/mol. The minimum absolute atomic E-state index is 0.711. The first-order chi connectivity index (χ1) is 22.8. The maximum absolute atomic E-state index is 5.28. The van der Waals surface area contributed by atoms with Crippen LogP contribution in [0.5, 0.6) is 0 Å². The Kier molecular flexibility index (Phi) is 7.94. The molecule has 0 aliphatic carbocycles. The summed E-state index contributed by atoms with van der Waals surface area (Å²) in [5.41, 5.74) is 10.4. The molecule has 0 saturated heterocycles. The van der Waals surface area contributed by atoms with Gasteiger partial charge in [0.15, 0.2) is 11.3 Å². The molecule has 0 aliphatic rings. The third kappa shape index (κ3) is 5.83. The molecule has 0 atom stereocenters. The molecule has 8 aromatic heterocycles. The standard InChI is InChI=1S/C18H17N5O.C17H16N4OS/c1-11-17(12(2)24-22-11)15-7-16-18(20-9-15)21-13(3)23(16)10-14-5-4-6-19-8-14;1-10-16(11(2)22-20-10)13-7-15-17(18-8-13)19-12(3)21(15)9-14-5-4-6-23-14/h4-9H,10H2,1-3H3;4-8H,9H2,1-3H3. The second kappa shape index (κ2) is 12.4. The van der Waals surface area contributed by atoms with E-state index in [1.807, 2.05) is 66.2 Å². The Morgan fingerprint density at radius 1 is 0.681 bits per heavy atom. The van der Waals surface area contributed by atoms with E-state index >= 15 is 0 Å². The van der Waals surface area contributed by atoms with Gasteiger partial charge in [-0.15, -0.1) is 11.3 Å². The second-order valence-electron chi connectivity index (χ2n) is 11.5. The number of rotatable bonds is 6. The quantitative estimate of drug-likeness (QED) is 0.180. The smallest absolute Gasteiger partial charge is 0.177 e. The number of hydrogen-bond donors (Lipinski definition) is 0. The van der Waals surface area contributed by atoms with Crippen molar-refractivity contribution in [2.75, 3.05) is 0 Å². The molecule has 0 aromatic carbocycles. The SMILES string of the molecule is Cc1noc(C)c1-c1cnc2nc(C)n(Cc3cccnc3)c2c1.Cc1noc(C)c1-c1cnc2nc(C)n(Cc3cccs3)c2c1. The average Bonchev–Trinajstić information content (AvgIpc) is 3.89. The van der Waals surface area contributed by atoms with Gasteiger partial charge in [-0.25, -0.2) is 19.9 Å². The topological polar surface area (TPSA) is 126 Å². The number of imidazole rings is 2. The van der Waals surface area contributed by atoms with Gasteiger partial charge in [-0.3, -0.25) is 4.98 Å². The van der Waals surface area contributed by atoms with Gasteiger partial charge in [-0.1, -0.05) is 22.4 Å². The highest BCUT2D eigenvalue weighted by Crippen LogP contribution is 2.30. The van der Waals surface area contributed by atoms with E-state index in [9.17, 15) is 0 Å². The van der Waals surface area contributed by atoms with Gasteiger partial charge in [0.25, 0.3) is 0 Å². The van der Waals surface area contributed by atoms with Gasteiger partial charge in [0.1, 0.15) is 23.2 Å². The number of nitrogens with zero attached hydrogens (tertiary/aromatic N) is 9. The first kappa shape index (κ1) is 30.2. The van der Waals surface area contributed by atoms with E-state index in [1.165, 1.54) is 4.88 Å². The molecule has 0 unspecified atom stereocenters. The summed E-state index contributed by atoms with van der Waals surface area (Å²) in [6.45, 7) is 13.3. The fourth-order valence-electron chi connectivity index (χ4n) is 5.93. The van der Waals surface area contributed by atoms with Crippen LogP contribution in [0.4, 0.5) is 0 Å². The summed E-state index contributed by atoms with van der Waals surface area (Å²) in [6.07, 6.45) is 7.32. The molecule has 12 heteroatoms. The number of pyridine rings is 3. The third-order valence-electron chi connectivity index (χ3n) is 8.19. The lowest BCUT2D eigenvalue weighted by Crippen LogP contribution is -2.02. The van der Waals surface area contributed by atoms with Gasteiger partial charge in [0.2, 0.25) is 0 Å². The van der Waals surface area contributed by atoms with E-state index in [-0.39, 0.29) is 0 Å². The van der Waals surface area contributed by atoms with Crippen molar-refractivity contribution in [1.29, 1.82) is 0 Å². The van der Waals surface area contributed by atoms with Gasteiger partial charge in [-0.2, -0.15) is 0 Å². The van der Waals surface area contributed by atoms with E-state index in [0.717, 1.165) is 91.2 Å². The summed E-state index contributed by atoms with van der Waals surface area (Å²) >= 11 is 1.75. The van der Waals surface area contributed by atoms with E-state index in [4.69, 9.17) is 9.05 Å². The zero-order valence-corrected chi connectivity index (χ0v) is 27.8. The van der Waals surface area contributed by atoms with Gasteiger partial charge in [0, 0.05) is 51.9 Å². The zero-order valence-electron chi connectivity index (χ0n) is 27.0. The van der Waals surface area contributed by atoms with Crippen molar-refractivity contribution in [2.24, 2.45) is 0 Å². The molecule has 11 nitrogen and oxygen atoms in total. The Bertz CT molecular complexity index is 2290. The van der Waals surface area contributed by atoms with E-state index in [2.05, 4.69) is 80.1 Å². The molecular weight excluding hydrogens is 611 g/mol. The Balaban J connectivity index is 0.000000150. The molecule has 47 heavy (non-hydrogen) atoms. The van der Waals surface area contributed by atoms with Crippen LogP contribution in [0.1, 0.15) is 45.0 Å². The Morgan fingerprint density at radius 3 is 1.72 bits per heavy atom. The van der Waals surface area contributed by atoms with E-state index < -0.39 is 0 Å². The van der Waals surface area contributed by atoms with Crippen molar-refractivity contribution in [3.8, 4) is 22.3 Å². The van der Waals surface area contributed by atoms with E-state index in [0.29, 0.717) is 6.54 Å². The lowest BCUT2D eigenvalue weighted by molar-refractivity contribution is 0.393. The first-order valence-corrected chi connectivity index (χ1v) is 16.1. The molecule has 0 bridgehead atoms. The largest absolute Gasteiger partial charge is 0.361 e. The number of fused-ring (bicyclic) bond motifs is 2. The summed E-state index contributed by atoms with van der Waals surface area (Å²) < 4.78 is 14.9. The number of aryl methyl sites for hydroxylation is 6. The molecule has 8 rings (SSSR count). The van der Waals surface area contributed by atoms with Crippen LogP contribution in [-0.2, 0) is 13.1 Å². The summed E-state index contributed by atoms with van der Waals surface area (Å²) in [4.78, 5) is 23.7. The monoisotopic (exact) mass is 643 g/mol. The highest BCUT2D eigenvalue weighted by atomic mass is 32.1. The molecule has 236 valence electrons. The van der Waals surface area contributed by atoms with Crippen molar-refractivity contribution in [1.82, 2.24) is 44.4 Å². The molecule has 0 spiro atoms. The van der Waals surface area contributed by atoms with Crippen molar-refractivity contribution in [2.45, 2.75) is 54.6 Å². The predicted octanol–water partition coefficient (Wildman–Crippen LogP) is 7.58. The molecule has 8 heterocycles. The number of thiophene rings is 1. The number of aromatic nitrogens is 9. The summed E-state index contributed by atoms with van der Waals surface area (Å²) in [5.74, 6) is 3.50. The van der Waals surface area contributed by atoms with Crippen molar-refractivity contribution >= 4 is 33.7 Å². The average molecular weight is 644 g/mol. The van der Waals surface area contributed by atoms with Crippen LogP contribution < -0.4 is 0 Å². The Morgan fingerprint density at radius 2 is 1.26 bits per heavy atom. The fourth-order valence-corrected chi connectivity index (χ4v) is 6.63. The van der Waals surface area contributed by atoms with Crippen molar-refractivity contribution in [3.63, 3.8) is 0 Å². The maximum atomic E-state index is 5.28. The Hall–Kier alpha value is -5.49. The van der Waals surface area contributed by atoms with Gasteiger partial charge >= 0.3 is 0 Å². The lowest BCUT2D eigenvalue weighted by Gasteiger charge is -2.07. The summed E-state index contributed by atoms with van der Waals surface area (Å²) in [5, 5.41) is 10.2. The van der Waals surface area contributed by atoms with E-state index in [1.54, 1.807) is 17.5 Å². The maximum Gasteiger partial charge on any atom is 0.177 e. The van der Waals surface area contributed by atoms with Gasteiger partial charge in [-0.05, 0) is 76.8 Å². The minimum atomic E-state index is 0.711. The normalized spacial score (nSPS) is 11.4. The first-order valence-electron chi connectivity index (χ1n) is 15.2. The third-order valence-corrected chi connectivity index (χ3v) is 9.06. The molecule has 0 amide bonds. The van der Waals surface area contributed by atoms with Gasteiger partial charge in [0.05, 0.1) is 35.5 Å². The molecule has 0 fully saturated rings. The van der Waals surface area contributed by atoms with Crippen LogP contribution in [0.15, 0.2) is 75.6 Å². The van der Waals surface area contributed by atoms with Crippen LogP contribution in [0.25, 0.3) is 44.6 Å². The molecule has 0 radical (unpaired) electrons. The number of hydrogen-bond acceptors (Lipinski definition) is 10. The van der Waals surface area contributed by atoms with Crippen molar-refractivity contribution < 1.29 is 9.05 Å². The highest BCUT2D eigenvalue weighted by molar-refractivity contribution is 7.09. The lowest BCUT2D eigenvalue weighted by atomic mass is 10.1. The molecule has 0 aliphatic heterocycles. The zero-order chi connectivity index (χ0) is 32.7. The summed E-state index contributed by atoms with van der Waals surface area (Å²) in [6, 6.07) is 12.4. The molecular formula is C35H33N9O2S.